The van der Waals surface area contributed by atoms with Crippen molar-refractivity contribution in [3.8, 4) is 0 Å². The summed E-state index contributed by atoms with van der Waals surface area (Å²) in [5, 5.41) is 8.76. The van der Waals surface area contributed by atoms with Gasteiger partial charge in [-0.3, -0.25) is 4.31 Å². The maximum atomic E-state index is 13.1. The molecule has 0 aromatic heterocycles. The zero-order valence-electron chi connectivity index (χ0n) is 9.63. The average Bonchev–Trinajstić information content (AvgIpc) is 2.29. The quantitative estimate of drug-likeness (QED) is 0.841. The first-order chi connectivity index (χ1) is 8.01. The molecule has 0 radical (unpaired) electrons. The molecule has 1 rings (SSSR count). The topological polar surface area (TPSA) is 57.6 Å². The van der Waals surface area contributed by atoms with Crippen molar-refractivity contribution >= 4 is 15.7 Å². The van der Waals surface area contributed by atoms with Gasteiger partial charge in [0.05, 0.1) is 11.4 Å². The Balaban J connectivity index is 3.06. The van der Waals surface area contributed by atoms with E-state index in [1.807, 2.05) is 0 Å². The van der Waals surface area contributed by atoms with Crippen LogP contribution >= 0.6 is 0 Å². The van der Waals surface area contributed by atoms with Gasteiger partial charge in [-0.05, 0) is 31.5 Å². The van der Waals surface area contributed by atoms with Crippen LogP contribution in [0.2, 0.25) is 0 Å². The molecule has 1 aromatic rings. The van der Waals surface area contributed by atoms with E-state index in [2.05, 4.69) is 0 Å². The van der Waals surface area contributed by atoms with Gasteiger partial charge in [0.2, 0.25) is 10.0 Å². The van der Waals surface area contributed by atoms with Crippen molar-refractivity contribution in [3.05, 3.63) is 30.1 Å². The van der Waals surface area contributed by atoms with E-state index in [-0.39, 0.29) is 18.9 Å². The van der Waals surface area contributed by atoms with Crippen LogP contribution in [0.15, 0.2) is 24.3 Å². The van der Waals surface area contributed by atoms with Crippen molar-refractivity contribution in [2.45, 2.75) is 13.3 Å². The minimum atomic E-state index is -3.45. The van der Waals surface area contributed by atoms with Gasteiger partial charge in [-0.25, -0.2) is 12.8 Å². The van der Waals surface area contributed by atoms with E-state index in [4.69, 9.17) is 5.11 Å². The van der Waals surface area contributed by atoms with Gasteiger partial charge in [0.25, 0.3) is 0 Å². The third-order valence-corrected chi connectivity index (χ3v) is 4.11. The molecule has 0 spiro atoms. The number of hydrogen-bond acceptors (Lipinski definition) is 3. The SMILES string of the molecule is CCS(=O)(=O)N(CCCO)c1cccc(F)c1. The fourth-order valence-corrected chi connectivity index (χ4v) is 2.58. The van der Waals surface area contributed by atoms with Crippen LogP contribution in [0.4, 0.5) is 10.1 Å². The first kappa shape index (κ1) is 13.9. The predicted octanol–water partition coefficient (Wildman–Crippen LogP) is 1.36. The van der Waals surface area contributed by atoms with Crippen LogP contribution in [0.1, 0.15) is 13.3 Å². The van der Waals surface area contributed by atoms with Crippen molar-refractivity contribution in [2.75, 3.05) is 23.2 Å². The van der Waals surface area contributed by atoms with Crippen molar-refractivity contribution in [2.24, 2.45) is 0 Å². The van der Waals surface area contributed by atoms with E-state index in [0.29, 0.717) is 12.1 Å². The Morgan fingerprint density at radius 2 is 2.12 bits per heavy atom. The number of benzene rings is 1. The number of aliphatic hydroxyl groups excluding tert-OH is 1. The molecule has 0 atom stereocenters. The van der Waals surface area contributed by atoms with E-state index in [1.165, 1.54) is 31.2 Å². The number of aliphatic hydroxyl groups is 1. The highest BCUT2D eigenvalue weighted by atomic mass is 32.2. The third-order valence-electron chi connectivity index (χ3n) is 2.32. The van der Waals surface area contributed by atoms with Crippen LogP contribution in [0.3, 0.4) is 0 Å². The van der Waals surface area contributed by atoms with E-state index in [0.717, 1.165) is 4.31 Å². The summed E-state index contributed by atoms with van der Waals surface area (Å²) in [4.78, 5) is 0. The number of nitrogens with zero attached hydrogens (tertiary/aromatic N) is 1. The molecule has 96 valence electrons. The molecular formula is C11H16FNO3S. The van der Waals surface area contributed by atoms with Crippen LogP contribution in [0, 0.1) is 5.82 Å². The largest absolute Gasteiger partial charge is 0.396 e. The van der Waals surface area contributed by atoms with Crippen LogP contribution in [0.5, 0.6) is 0 Å². The molecule has 6 heteroatoms. The highest BCUT2D eigenvalue weighted by Crippen LogP contribution is 2.19. The molecule has 0 unspecified atom stereocenters. The summed E-state index contributed by atoms with van der Waals surface area (Å²) in [5.74, 6) is -0.544. The van der Waals surface area contributed by atoms with Crippen molar-refractivity contribution in [1.29, 1.82) is 0 Å². The zero-order chi connectivity index (χ0) is 12.9. The van der Waals surface area contributed by atoms with Crippen molar-refractivity contribution < 1.29 is 17.9 Å². The van der Waals surface area contributed by atoms with Crippen LogP contribution in [-0.2, 0) is 10.0 Å². The lowest BCUT2D eigenvalue weighted by molar-refractivity contribution is 0.291. The molecule has 0 saturated carbocycles. The highest BCUT2D eigenvalue weighted by Gasteiger charge is 2.20. The number of anilines is 1. The smallest absolute Gasteiger partial charge is 0.234 e. The molecule has 0 aliphatic rings. The standard InChI is InChI=1S/C11H16FNO3S/c1-2-17(15,16)13(7-4-8-14)11-6-3-5-10(12)9-11/h3,5-6,9,14H,2,4,7-8H2,1H3. The Hall–Kier alpha value is -1.14. The van der Waals surface area contributed by atoms with Crippen LogP contribution < -0.4 is 4.31 Å². The van der Waals surface area contributed by atoms with Gasteiger partial charge in [0.15, 0.2) is 0 Å². The number of sulfonamides is 1. The van der Waals surface area contributed by atoms with Gasteiger partial charge in [0.1, 0.15) is 5.82 Å². The van der Waals surface area contributed by atoms with Gasteiger partial charge in [-0.1, -0.05) is 6.07 Å². The molecule has 0 bridgehead atoms. The van der Waals surface area contributed by atoms with E-state index >= 15 is 0 Å². The Kier molecular flexibility index (Phi) is 4.89. The van der Waals surface area contributed by atoms with Gasteiger partial charge in [0, 0.05) is 13.2 Å². The summed E-state index contributed by atoms with van der Waals surface area (Å²) in [7, 11) is -3.45. The second kappa shape index (κ2) is 5.97. The summed E-state index contributed by atoms with van der Waals surface area (Å²) < 4.78 is 37.9. The average molecular weight is 261 g/mol. The first-order valence-electron chi connectivity index (χ1n) is 5.38. The molecule has 0 aliphatic carbocycles. The molecule has 0 saturated heterocycles. The van der Waals surface area contributed by atoms with Crippen molar-refractivity contribution in [3.63, 3.8) is 0 Å². The summed E-state index contributed by atoms with van der Waals surface area (Å²) in [6.45, 7) is 1.57. The molecule has 0 amide bonds. The van der Waals surface area contributed by atoms with E-state index < -0.39 is 15.8 Å². The lowest BCUT2D eigenvalue weighted by atomic mass is 10.3. The maximum absolute atomic E-state index is 13.1. The predicted molar refractivity (Wildman–Crippen MR) is 64.9 cm³/mol. The normalized spacial score (nSPS) is 11.5. The first-order valence-corrected chi connectivity index (χ1v) is 6.99. The zero-order valence-corrected chi connectivity index (χ0v) is 10.5. The Morgan fingerprint density at radius 3 is 2.65 bits per heavy atom. The molecule has 0 heterocycles. The van der Waals surface area contributed by atoms with Gasteiger partial charge in [-0.2, -0.15) is 0 Å². The molecule has 0 fully saturated rings. The second-order valence-corrected chi connectivity index (χ2v) is 5.71. The minimum absolute atomic E-state index is 0.0606. The van der Waals surface area contributed by atoms with Gasteiger partial charge < -0.3 is 5.11 Å². The second-order valence-electron chi connectivity index (χ2n) is 3.53. The number of halogens is 1. The van der Waals surface area contributed by atoms with Crippen LogP contribution in [-0.4, -0.2) is 32.4 Å². The van der Waals surface area contributed by atoms with Crippen LogP contribution in [0.25, 0.3) is 0 Å². The minimum Gasteiger partial charge on any atom is -0.396 e. The Labute approximate surface area is 101 Å². The van der Waals surface area contributed by atoms with E-state index in [1.54, 1.807) is 0 Å². The maximum Gasteiger partial charge on any atom is 0.234 e. The Morgan fingerprint density at radius 1 is 1.41 bits per heavy atom. The lowest BCUT2D eigenvalue weighted by Crippen LogP contribution is -2.33. The molecule has 4 nitrogen and oxygen atoms in total. The summed E-state index contributed by atoms with van der Waals surface area (Å²) in [6, 6.07) is 5.42. The third kappa shape index (κ3) is 3.67. The summed E-state index contributed by atoms with van der Waals surface area (Å²) in [5.41, 5.74) is 0.292. The summed E-state index contributed by atoms with van der Waals surface area (Å²) >= 11 is 0. The van der Waals surface area contributed by atoms with Crippen molar-refractivity contribution in [1.82, 2.24) is 0 Å². The molecular weight excluding hydrogens is 245 g/mol. The molecule has 0 aliphatic heterocycles. The summed E-state index contributed by atoms with van der Waals surface area (Å²) in [6.07, 6.45) is 0.315. The van der Waals surface area contributed by atoms with E-state index in [9.17, 15) is 12.8 Å². The molecule has 1 aromatic carbocycles. The van der Waals surface area contributed by atoms with Gasteiger partial charge in [-0.15, -0.1) is 0 Å². The molecule has 17 heavy (non-hydrogen) atoms. The fraction of sp³-hybridized carbons (Fsp3) is 0.455. The molecule has 1 N–H and O–H groups in total. The number of rotatable bonds is 6. The highest BCUT2D eigenvalue weighted by molar-refractivity contribution is 7.92. The van der Waals surface area contributed by atoms with Gasteiger partial charge >= 0.3 is 0 Å². The Bertz CT molecular complexity index is 462. The number of hydrogen-bond donors (Lipinski definition) is 1. The monoisotopic (exact) mass is 261 g/mol. The lowest BCUT2D eigenvalue weighted by Gasteiger charge is -2.23. The fourth-order valence-electron chi connectivity index (χ4n) is 1.43.